The lowest BCUT2D eigenvalue weighted by Gasteiger charge is -2.18. The molecule has 0 aliphatic heterocycles. The molecular formula is C19H16Cl2N2O3. The van der Waals surface area contributed by atoms with Gasteiger partial charge in [0, 0.05) is 10.0 Å². The van der Waals surface area contributed by atoms with Crippen molar-refractivity contribution in [1.82, 2.24) is 9.13 Å². The molecular weight excluding hydrogens is 375 g/mol. The Balaban J connectivity index is 2.32. The van der Waals surface area contributed by atoms with E-state index in [0.29, 0.717) is 32.9 Å². The van der Waals surface area contributed by atoms with Crippen molar-refractivity contribution in [3.8, 4) is 0 Å². The molecule has 0 aliphatic carbocycles. The molecule has 3 aromatic rings. The second-order valence-corrected chi connectivity index (χ2v) is 6.75. The van der Waals surface area contributed by atoms with Crippen molar-refractivity contribution in [3.05, 3.63) is 78.9 Å². The van der Waals surface area contributed by atoms with Gasteiger partial charge < -0.3 is 4.79 Å². The second kappa shape index (κ2) is 7.48. The molecule has 1 heterocycles. The third-order valence-electron chi connectivity index (χ3n) is 4.32. The van der Waals surface area contributed by atoms with Crippen LogP contribution in [-0.2, 0) is 11.3 Å². The highest BCUT2D eigenvalue weighted by Gasteiger charge is 2.19. The Hall–Kier alpha value is -2.37. The molecule has 0 aliphatic rings. The summed E-state index contributed by atoms with van der Waals surface area (Å²) >= 11 is 12.2. The number of aldehydes is 1. The van der Waals surface area contributed by atoms with E-state index in [-0.39, 0.29) is 6.54 Å². The van der Waals surface area contributed by atoms with E-state index in [1.165, 1.54) is 4.57 Å². The van der Waals surface area contributed by atoms with E-state index in [0.717, 1.165) is 10.9 Å². The van der Waals surface area contributed by atoms with Crippen molar-refractivity contribution in [2.75, 3.05) is 0 Å². The number of aromatic nitrogens is 2. The van der Waals surface area contributed by atoms with Gasteiger partial charge in [0.25, 0.3) is 5.56 Å². The standard InChI is InChI=1S/C19H16Cl2N2O3/c1-2-14(11-24)23-17-6-4-3-5-15(17)18(25)22(19(23)26)10-12-9-13(20)7-8-16(12)21/h3-9,11,14H,2,10H2,1H3. The Morgan fingerprint density at radius 2 is 1.85 bits per heavy atom. The van der Waals surface area contributed by atoms with Crippen LogP contribution in [0, 0.1) is 0 Å². The first-order valence-electron chi connectivity index (χ1n) is 8.11. The summed E-state index contributed by atoms with van der Waals surface area (Å²) in [5.41, 5.74) is 0.0107. The Labute approximate surface area is 159 Å². The SMILES string of the molecule is CCC(C=O)n1c(=O)n(Cc2cc(Cl)ccc2Cl)c(=O)c2ccccc21. The topological polar surface area (TPSA) is 61.1 Å². The van der Waals surface area contributed by atoms with Crippen molar-refractivity contribution in [3.63, 3.8) is 0 Å². The molecule has 0 amide bonds. The fourth-order valence-electron chi connectivity index (χ4n) is 2.96. The molecule has 3 rings (SSSR count). The van der Waals surface area contributed by atoms with Gasteiger partial charge in [0.1, 0.15) is 6.29 Å². The molecule has 7 heteroatoms. The fraction of sp³-hybridized carbons (Fsp3) is 0.211. The largest absolute Gasteiger partial charge is 0.332 e. The quantitative estimate of drug-likeness (QED) is 0.624. The van der Waals surface area contributed by atoms with Crippen LogP contribution in [0.15, 0.2) is 52.1 Å². The third kappa shape index (κ3) is 3.20. The van der Waals surface area contributed by atoms with Crippen molar-refractivity contribution in [1.29, 1.82) is 0 Å². The molecule has 1 unspecified atom stereocenters. The Morgan fingerprint density at radius 3 is 2.54 bits per heavy atom. The Kier molecular flexibility index (Phi) is 5.30. The van der Waals surface area contributed by atoms with Gasteiger partial charge in [0.2, 0.25) is 0 Å². The van der Waals surface area contributed by atoms with Gasteiger partial charge in [0.05, 0.1) is 23.5 Å². The van der Waals surface area contributed by atoms with E-state index in [1.54, 1.807) is 42.5 Å². The average molecular weight is 391 g/mol. The van der Waals surface area contributed by atoms with Gasteiger partial charge in [-0.3, -0.25) is 13.9 Å². The zero-order valence-electron chi connectivity index (χ0n) is 14.0. The first-order chi connectivity index (χ1) is 12.5. The fourth-order valence-corrected chi connectivity index (χ4v) is 3.34. The maximum Gasteiger partial charge on any atom is 0.332 e. The average Bonchev–Trinajstić information content (AvgIpc) is 2.65. The molecule has 1 atom stereocenters. The first-order valence-corrected chi connectivity index (χ1v) is 8.86. The number of hydrogen-bond acceptors (Lipinski definition) is 3. The summed E-state index contributed by atoms with van der Waals surface area (Å²) in [7, 11) is 0. The van der Waals surface area contributed by atoms with Gasteiger partial charge in [-0.15, -0.1) is 0 Å². The van der Waals surface area contributed by atoms with Gasteiger partial charge in [-0.1, -0.05) is 42.3 Å². The van der Waals surface area contributed by atoms with E-state index in [4.69, 9.17) is 23.2 Å². The lowest BCUT2D eigenvalue weighted by molar-refractivity contribution is -0.110. The van der Waals surface area contributed by atoms with E-state index in [1.807, 2.05) is 6.92 Å². The van der Waals surface area contributed by atoms with Crippen LogP contribution in [0.3, 0.4) is 0 Å². The highest BCUT2D eigenvalue weighted by atomic mass is 35.5. The number of halogens is 2. The van der Waals surface area contributed by atoms with E-state index in [9.17, 15) is 14.4 Å². The summed E-state index contributed by atoms with van der Waals surface area (Å²) < 4.78 is 2.45. The lowest BCUT2D eigenvalue weighted by atomic mass is 10.1. The van der Waals surface area contributed by atoms with Gasteiger partial charge in [-0.05, 0) is 42.3 Å². The summed E-state index contributed by atoms with van der Waals surface area (Å²) in [5.74, 6) is 0. The number of carbonyl (C=O) groups excluding carboxylic acids is 1. The van der Waals surface area contributed by atoms with Crippen LogP contribution in [-0.4, -0.2) is 15.4 Å². The summed E-state index contributed by atoms with van der Waals surface area (Å²) in [6.07, 6.45) is 1.15. The molecule has 0 radical (unpaired) electrons. The van der Waals surface area contributed by atoms with Crippen molar-refractivity contribution >= 4 is 40.4 Å². The van der Waals surface area contributed by atoms with Crippen LogP contribution in [0.1, 0.15) is 24.9 Å². The van der Waals surface area contributed by atoms with Crippen molar-refractivity contribution < 1.29 is 4.79 Å². The molecule has 0 fully saturated rings. The minimum atomic E-state index is -0.658. The number of rotatable bonds is 5. The van der Waals surface area contributed by atoms with Gasteiger partial charge in [-0.2, -0.15) is 0 Å². The third-order valence-corrected chi connectivity index (χ3v) is 4.92. The monoisotopic (exact) mass is 390 g/mol. The maximum absolute atomic E-state index is 13.1. The summed E-state index contributed by atoms with van der Waals surface area (Å²) in [6.45, 7) is 1.78. The molecule has 0 bridgehead atoms. The van der Waals surface area contributed by atoms with Crippen LogP contribution in [0.25, 0.3) is 10.9 Å². The second-order valence-electron chi connectivity index (χ2n) is 5.91. The summed E-state index contributed by atoms with van der Waals surface area (Å²) in [6, 6.07) is 11.0. The predicted molar refractivity (Wildman–Crippen MR) is 103 cm³/mol. The molecule has 0 N–H and O–H groups in total. The van der Waals surface area contributed by atoms with Crippen LogP contribution in [0.4, 0.5) is 0 Å². The minimum absolute atomic E-state index is 0.0306. The van der Waals surface area contributed by atoms with E-state index in [2.05, 4.69) is 0 Å². The number of hydrogen-bond donors (Lipinski definition) is 0. The molecule has 134 valence electrons. The smallest absolute Gasteiger partial charge is 0.301 e. The number of nitrogens with zero attached hydrogens (tertiary/aromatic N) is 2. The molecule has 1 aromatic heterocycles. The summed E-state index contributed by atoms with van der Waals surface area (Å²) in [4.78, 5) is 37.4. The van der Waals surface area contributed by atoms with Gasteiger partial charge >= 0.3 is 5.69 Å². The summed E-state index contributed by atoms with van der Waals surface area (Å²) in [5, 5.41) is 1.23. The minimum Gasteiger partial charge on any atom is -0.301 e. The van der Waals surface area contributed by atoms with Gasteiger partial charge in [0.15, 0.2) is 0 Å². The molecule has 0 saturated carbocycles. The Morgan fingerprint density at radius 1 is 1.12 bits per heavy atom. The number of benzene rings is 2. The molecule has 26 heavy (non-hydrogen) atoms. The number of fused-ring (bicyclic) bond motifs is 1. The predicted octanol–water partition coefficient (Wildman–Crippen LogP) is 3.67. The first kappa shape index (κ1) is 18.4. The normalized spacial score (nSPS) is 12.3. The molecule has 0 saturated heterocycles. The van der Waals surface area contributed by atoms with E-state index < -0.39 is 17.3 Å². The van der Waals surface area contributed by atoms with Crippen LogP contribution in [0.5, 0.6) is 0 Å². The number of carbonyl (C=O) groups is 1. The van der Waals surface area contributed by atoms with Gasteiger partial charge in [-0.25, -0.2) is 4.79 Å². The molecule has 2 aromatic carbocycles. The van der Waals surface area contributed by atoms with Crippen LogP contribution < -0.4 is 11.2 Å². The van der Waals surface area contributed by atoms with Crippen molar-refractivity contribution in [2.24, 2.45) is 0 Å². The molecule has 0 spiro atoms. The maximum atomic E-state index is 13.1. The highest BCUT2D eigenvalue weighted by molar-refractivity contribution is 6.33. The Bertz CT molecular complexity index is 1100. The van der Waals surface area contributed by atoms with E-state index >= 15 is 0 Å². The lowest BCUT2D eigenvalue weighted by Crippen LogP contribution is -2.42. The van der Waals surface area contributed by atoms with Crippen LogP contribution in [0.2, 0.25) is 10.0 Å². The zero-order chi connectivity index (χ0) is 18.8. The van der Waals surface area contributed by atoms with Crippen LogP contribution >= 0.6 is 23.2 Å². The zero-order valence-corrected chi connectivity index (χ0v) is 15.5. The van der Waals surface area contributed by atoms with Crippen molar-refractivity contribution in [2.45, 2.75) is 25.9 Å². The molecule has 5 nitrogen and oxygen atoms in total. The highest BCUT2D eigenvalue weighted by Crippen LogP contribution is 2.21. The number of para-hydroxylation sites is 1.